The zero-order chi connectivity index (χ0) is 52.7. The average molecular weight is 1030 g/mol. The van der Waals surface area contributed by atoms with E-state index in [1.165, 1.54) is 4.90 Å². The van der Waals surface area contributed by atoms with E-state index in [4.69, 9.17) is 14.2 Å². The third-order valence-electron chi connectivity index (χ3n) is 12.1. The molecular weight excluding hydrogens is 951 g/mol. The van der Waals surface area contributed by atoms with Crippen LogP contribution in [-0.2, 0) is 44.8 Å². The second kappa shape index (κ2) is 35.5. The minimum atomic E-state index is -1.19. The van der Waals surface area contributed by atoms with Crippen LogP contribution in [0.1, 0.15) is 5.56 Å². The Morgan fingerprint density at radius 3 is 1.08 bits per heavy atom. The van der Waals surface area contributed by atoms with Crippen LogP contribution in [0, 0.1) is 0 Å². The Morgan fingerprint density at radius 2 is 0.736 bits per heavy atom. The molecule has 2 saturated heterocycles. The largest absolute Gasteiger partial charge is 0.480 e. The van der Waals surface area contributed by atoms with Gasteiger partial charge in [0.1, 0.15) is 0 Å². The number of carboxylic acids is 5. The van der Waals surface area contributed by atoms with Crippen molar-refractivity contribution in [1.82, 2.24) is 44.1 Å². The quantitative estimate of drug-likeness (QED) is 0.0367. The monoisotopic (exact) mass is 1030 g/mol. The summed E-state index contributed by atoms with van der Waals surface area (Å²) in [5.74, 6) is -5.34. The van der Waals surface area contributed by atoms with Crippen LogP contribution in [-0.4, -0.2) is 336 Å². The lowest BCUT2D eigenvalue weighted by Crippen LogP contribution is -2.51. The van der Waals surface area contributed by atoms with Crippen molar-refractivity contribution < 1.29 is 83.8 Å². The number of aliphatic hydroxyl groups excluding tert-OH is 2. The van der Waals surface area contributed by atoms with Crippen LogP contribution in [0.3, 0.4) is 0 Å². The molecule has 8 N–H and O–H groups in total. The standard InChI is InChI=1S/C46H79N9O17/c56-39(28-47-6-9-49(32-41(58)59)12-14-52(35-44(64)65)15-13-50(10-7-47)33-42(60)61)30-54(22-23-70-24-25-71-26-27-72-37-38-4-2-1-3-5-38)31-40(57)29-48-8-11-51(34-43(62)63)16-17-53(36-45(66)67)19-21-55(20-18-48)46(68)69/h1-5,39-40,56-57H,6-37H2,(H,58,59)(H,60,61)(H,62,63)(H,64,65)(H,66,67)(H,68,69). The molecule has 0 aliphatic carbocycles. The minimum absolute atomic E-state index is 0.00821. The van der Waals surface area contributed by atoms with Crippen LogP contribution in [0.5, 0.6) is 0 Å². The van der Waals surface area contributed by atoms with E-state index in [9.17, 15) is 69.6 Å². The first-order valence-corrected chi connectivity index (χ1v) is 24.4. The van der Waals surface area contributed by atoms with Crippen molar-refractivity contribution in [3.8, 4) is 0 Å². The number of hydrogen-bond donors (Lipinski definition) is 8. The molecule has 0 radical (unpaired) electrons. The van der Waals surface area contributed by atoms with E-state index in [1.54, 1.807) is 24.5 Å². The predicted octanol–water partition coefficient (Wildman–Crippen LogP) is -3.20. The van der Waals surface area contributed by atoms with Gasteiger partial charge in [0, 0.05) is 137 Å². The van der Waals surface area contributed by atoms with E-state index in [1.807, 2.05) is 45.0 Å². The number of amides is 1. The van der Waals surface area contributed by atoms with E-state index < -0.39 is 48.1 Å². The van der Waals surface area contributed by atoms with Gasteiger partial charge in [-0.15, -0.1) is 0 Å². The maximum Gasteiger partial charge on any atom is 0.407 e. The smallest absolute Gasteiger partial charge is 0.407 e. The third-order valence-corrected chi connectivity index (χ3v) is 12.1. The first-order chi connectivity index (χ1) is 34.4. The van der Waals surface area contributed by atoms with Gasteiger partial charge < -0.3 is 60.0 Å². The first-order valence-electron chi connectivity index (χ1n) is 24.4. The molecule has 410 valence electrons. The number of β-amino-alcohol motifs (C(OH)–C–C–N with tert-alkyl or cyclic N) is 2. The van der Waals surface area contributed by atoms with Gasteiger partial charge in [0.25, 0.3) is 0 Å². The summed E-state index contributed by atoms with van der Waals surface area (Å²) >= 11 is 0. The van der Waals surface area contributed by atoms with Crippen LogP contribution in [0.2, 0.25) is 0 Å². The van der Waals surface area contributed by atoms with Crippen LogP contribution < -0.4 is 0 Å². The normalized spacial score (nSPS) is 18.8. The summed E-state index contributed by atoms with van der Waals surface area (Å²) in [6.45, 7) is 4.24. The molecule has 0 aromatic heterocycles. The molecule has 2 aliphatic heterocycles. The van der Waals surface area contributed by atoms with Crippen LogP contribution >= 0.6 is 0 Å². The van der Waals surface area contributed by atoms with Crippen molar-refractivity contribution in [2.75, 3.05) is 203 Å². The SMILES string of the molecule is O=C(O)CN1CCN(CC(=O)O)CCN(CC(O)CN(CCOCCOCCOCc2ccccc2)CC(O)CN2CCN(CC(=O)O)CCN(CC(=O)O)CCN(C(=O)O)CC2)CCN(CC(=O)O)CC1. The Hall–Kier alpha value is -4.68. The zero-order valence-electron chi connectivity index (χ0n) is 41.4. The van der Waals surface area contributed by atoms with E-state index >= 15 is 0 Å². The summed E-state index contributed by atoms with van der Waals surface area (Å²) in [7, 11) is 0. The molecule has 2 unspecified atom stereocenters. The molecule has 1 amide bonds. The van der Waals surface area contributed by atoms with Gasteiger partial charge in [0.15, 0.2) is 0 Å². The maximum absolute atomic E-state index is 12.2. The highest BCUT2D eigenvalue weighted by Gasteiger charge is 2.26. The lowest BCUT2D eigenvalue weighted by molar-refractivity contribution is -0.140. The van der Waals surface area contributed by atoms with Gasteiger partial charge in [0.2, 0.25) is 0 Å². The molecule has 2 heterocycles. The summed E-state index contributed by atoms with van der Waals surface area (Å²) in [6, 6.07) is 9.75. The highest BCUT2D eigenvalue weighted by Crippen LogP contribution is 2.08. The van der Waals surface area contributed by atoms with Crippen molar-refractivity contribution in [1.29, 1.82) is 0 Å². The van der Waals surface area contributed by atoms with Gasteiger partial charge >= 0.3 is 35.9 Å². The molecule has 2 atom stereocenters. The number of carboxylic acid groups (broad SMARTS) is 6. The number of aliphatic hydroxyl groups is 2. The fraction of sp³-hybridized carbons (Fsp3) is 0.739. The highest BCUT2D eigenvalue weighted by atomic mass is 16.5. The summed E-state index contributed by atoms with van der Waals surface area (Å²) in [5, 5.41) is 81.3. The van der Waals surface area contributed by atoms with Gasteiger partial charge in [-0.25, -0.2) is 4.79 Å². The molecule has 0 bridgehead atoms. The minimum Gasteiger partial charge on any atom is -0.480 e. The van der Waals surface area contributed by atoms with Crippen LogP contribution in [0.15, 0.2) is 30.3 Å². The third kappa shape index (κ3) is 29.1. The maximum atomic E-state index is 12.2. The topological polar surface area (TPSA) is 321 Å². The Balaban J connectivity index is 1.73. The van der Waals surface area contributed by atoms with Gasteiger partial charge in [-0.3, -0.25) is 63.2 Å². The van der Waals surface area contributed by atoms with Crippen molar-refractivity contribution in [3.05, 3.63) is 35.9 Å². The van der Waals surface area contributed by atoms with E-state index in [-0.39, 0.29) is 170 Å². The number of nitrogens with zero attached hydrogens (tertiary/aromatic N) is 9. The molecule has 26 heteroatoms. The van der Waals surface area contributed by atoms with Crippen LogP contribution in [0.25, 0.3) is 0 Å². The first kappa shape index (κ1) is 61.6. The zero-order valence-corrected chi connectivity index (χ0v) is 41.4. The molecule has 2 aliphatic rings. The fourth-order valence-corrected chi connectivity index (χ4v) is 8.38. The molecule has 1 aromatic carbocycles. The van der Waals surface area contributed by atoms with Crippen molar-refractivity contribution in [3.63, 3.8) is 0 Å². The summed E-state index contributed by atoms with van der Waals surface area (Å²) in [5.41, 5.74) is 1.05. The van der Waals surface area contributed by atoms with Gasteiger partial charge in [-0.1, -0.05) is 30.3 Å². The van der Waals surface area contributed by atoms with Gasteiger partial charge in [-0.2, -0.15) is 0 Å². The molecule has 3 rings (SSSR count). The summed E-state index contributed by atoms with van der Waals surface area (Å²) in [4.78, 5) is 85.9. The van der Waals surface area contributed by atoms with Gasteiger partial charge in [0.05, 0.1) is 84.6 Å². The fourth-order valence-electron chi connectivity index (χ4n) is 8.38. The molecular formula is C46H79N9O17. The molecule has 72 heavy (non-hydrogen) atoms. The van der Waals surface area contributed by atoms with Gasteiger partial charge in [-0.05, 0) is 5.56 Å². The molecule has 2 fully saturated rings. The van der Waals surface area contributed by atoms with Crippen LogP contribution in [0.4, 0.5) is 4.79 Å². The van der Waals surface area contributed by atoms with E-state index in [0.717, 1.165) is 5.56 Å². The van der Waals surface area contributed by atoms with Crippen molar-refractivity contribution >= 4 is 35.9 Å². The molecule has 26 nitrogen and oxygen atoms in total. The van der Waals surface area contributed by atoms with Crippen molar-refractivity contribution in [2.24, 2.45) is 0 Å². The van der Waals surface area contributed by atoms with E-state index in [0.29, 0.717) is 39.5 Å². The number of carbonyl (C=O) groups is 6. The number of hydrogen-bond acceptors (Lipinski definition) is 19. The Bertz CT molecular complexity index is 1710. The van der Waals surface area contributed by atoms with Crippen molar-refractivity contribution in [2.45, 2.75) is 18.8 Å². The Kier molecular flexibility index (Phi) is 30.4. The Morgan fingerprint density at radius 1 is 0.431 bits per heavy atom. The lowest BCUT2D eigenvalue weighted by atomic mass is 10.2. The number of aliphatic carboxylic acids is 5. The highest BCUT2D eigenvalue weighted by molar-refractivity contribution is 5.70. The Labute approximate surface area is 421 Å². The van der Waals surface area contributed by atoms with E-state index in [2.05, 4.69) is 0 Å². The lowest BCUT2D eigenvalue weighted by Gasteiger charge is -2.35. The number of rotatable bonds is 29. The molecule has 1 aromatic rings. The predicted molar refractivity (Wildman–Crippen MR) is 259 cm³/mol. The molecule has 0 saturated carbocycles. The summed E-state index contributed by atoms with van der Waals surface area (Å²) in [6.07, 6.45) is -3.26. The molecule has 0 spiro atoms. The summed E-state index contributed by atoms with van der Waals surface area (Å²) < 4.78 is 17.2. The number of benzene rings is 1. The number of ether oxygens (including phenoxy) is 3. The second-order valence-electron chi connectivity index (χ2n) is 18.1. The average Bonchev–Trinajstić information content (AvgIpc) is 3.29. The second-order valence-corrected chi connectivity index (χ2v) is 18.1.